The average Bonchev–Trinajstić information content (AvgIpc) is 2.50. The van der Waals surface area contributed by atoms with Gasteiger partial charge in [0, 0.05) is 18.8 Å². The fourth-order valence-electron chi connectivity index (χ4n) is 1.81. The van der Waals surface area contributed by atoms with Gasteiger partial charge in [0.05, 0.1) is 0 Å². The number of carbonyl (C=O) groups excluding carboxylic acids is 1. The molecule has 110 valence electrons. The third-order valence-corrected chi connectivity index (χ3v) is 2.87. The highest BCUT2D eigenvalue weighted by Crippen LogP contribution is 2.11. The van der Waals surface area contributed by atoms with Gasteiger partial charge in [-0.3, -0.25) is 4.79 Å². The normalized spacial score (nSPS) is 10.2. The summed E-state index contributed by atoms with van der Waals surface area (Å²) in [5.41, 5.74) is 1.96. The molecule has 0 saturated carbocycles. The van der Waals surface area contributed by atoms with Gasteiger partial charge in [0.25, 0.3) is 5.91 Å². The highest BCUT2D eigenvalue weighted by atomic mass is 16.3. The highest BCUT2D eigenvalue weighted by Gasteiger charge is 2.08. The first-order chi connectivity index (χ1) is 10.2. The summed E-state index contributed by atoms with van der Waals surface area (Å²) >= 11 is 0. The maximum Gasteiger partial charge on any atom is 0.276 e. The molecular formula is C15H18N4O2. The minimum atomic E-state index is -0.305. The Morgan fingerprint density at radius 3 is 2.48 bits per heavy atom. The fraction of sp³-hybridized carbons (Fsp3) is 0.267. The van der Waals surface area contributed by atoms with Gasteiger partial charge in [-0.05, 0) is 43.2 Å². The molecule has 2 aromatic rings. The van der Waals surface area contributed by atoms with Gasteiger partial charge in [-0.1, -0.05) is 12.1 Å². The number of carbonyl (C=O) groups is 1. The molecule has 0 radical (unpaired) electrons. The zero-order chi connectivity index (χ0) is 15.1. The van der Waals surface area contributed by atoms with E-state index in [4.69, 9.17) is 5.11 Å². The second-order valence-electron chi connectivity index (χ2n) is 4.46. The minimum Gasteiger partial charge on any atom is -0.396 e. The number of aliphatic hydroxyl groups excluding tert-OH is 1. The summed E-state index contributed by atoms with van der Waals surface area (Å²) < 4.78 is 0. The molecule has 1 aromatic carbocycles. The first-order valence-corrected chi connectivity index (χ1v) is 6.81. The molecule has 1 heterocycles. The molecule has 0 unspecified atom stereocenters. The summed E-state index contributed by atoms with van der Waals surface area (Å²) in [5, 5.41) is 22.4. The molecule has 1 amide bonds. The van der Waals surface area contributed by atoms with E-state index in [-0.39, 0.29) is 18.2 Å². The summed E-state index contributed by atoms with van der Waals surface area (Å²) in [7, 11) is 0. The van der Waals surface area contributed by atoms with E-state index in [0.29, 0.717) is 17.9 Å². The average molecular weight is 286 g/mol. The molecule has 21 heavy (non-hydrogen) atoms. The van der Waals surface area contributed by atoms with Crippen LogP contribution in [0.5, 0.6) is 0 Å². The van der Waals surface area contributed by atoms with Gasteiger partial charge in [0.15, 0.2) is 5.69 Å². The smallest absolute Gasteiger partial charge is 0.276 e. The molecule has 0 bridgehead atoms. The number of aliphatic hydroxyl groups is 1. The maximum atomic E-state index is 12.0. The Balaban J connectivity index is 2.00. The van der Waals surface area contributed by atoms with Crippen LogP contribution in [0.15, 0.2) is 36.4 Å². The van der Waals surface area contributed by atoms with Gasteiger partial charge < -0.3 is 15.7 Å². The van der Waals surface area contributed by atoms with Crippen molar-refractivity contribution >= 4 is 17.4 Å². The molecule has 0 aliphatic carbocycles. The van der Waals surface area contributed by atoms with E-state index in [9.17, 15) is 4.79 Å². The van der Waals surface area contributed by atoms with Gasteiger partial charge in [-0.25, -0.2) is 0 Å². The van der Waals surface area contributed by atoms with E-state index in [1.807, 2.05) is 19.1 Å². The van der Waals surface area contributed by atoms with E-state index in [2.05, 4.69) is 20.8 Å². The number of rotatable bonds is 6. The second-order valence-corrected chi connectivity index (χ2v) is 4.46. The van der Waals surface area contributed by atoms with Crippen molar-refractivity contribution in [3.8, 4) is 0 Å². The topological polar surface area (TPSA) is 87.1 Å². The predicted octanol–water partition coefficient (Wildman–Crippen LogP) is 1.70. The lowest BCUT2D eigenvalue weighted by atomic mass is 10.1. The number of aromatic nitrogens is 2. The Bertz CT molecular complexity index is 582. The second kappa shape index (κ2) is 7.35. The van der Waals surface area contributed by atoms with Gasteiger partial charge in [-0.15, -0.1) is 10.2 Å². The van der Waals surface area contributed by atoms with Crippen molar-refractivity contribution in [1.82, 2.24) is 10.2 Å². The summed E-state index contributed by atoms with van der Waals surface area (Å²) in [6.07, 6.45) is 0.603. The first kappa shape index (κ1) is 14.9. The van der Waals surface area contributed by atoms with E-state index in [1.165, 1.54) is 0 Å². The maximum absolute atomic E-state index is 12.0. The minimum absolute atomic E-state index is 0.111. The highest BCUT2D eigenvalue weighted by molar-refractivity contribution is 6.02. The molecule has 0 fully saturated rings. The molecule has 6 nitrogen and oxygen atoms in total. The largest absolute Gasteiger partial charge is 0.396 e. The third-order valence-electron chi connectivity index (χ3n) is 2.87. The molecule has 1 aromatic heterocycles. The number of nitrogens with zero attached hydrogens (tertiary/aromatic N) is 2. The summed E-state index contributed by atoms with van der Waals surface area (Å²) in [5.74, 6) is 0.336. The standard InChI is InChI=1S/C15H18N4O2/c1-2-16-14-8-7-13(18-19-14)15(21)17-12-5-3-11(4-6-12)9-10-20/h3-8,20H,2,9-10H2,1H3,(H,16,19)(H,17,21). The molecular weight excluding hydrogens is 268 g/mol. The summed E-state index contributed by atoms with van der Waals surface area (Å²) in [6, 6.07) is 10.7. The summed E-state index contributed by atoms with van der Waals surface area (Å²) in [4.78, 5) is 12.0. The van der Waals surface area contributed by atoms with Crippen molar-refractivity contribution in [1.29, 1.82) is 0 Å². The Morgan fingerprint density at radius 2 is 1.90 bits per heavy atom. The van der Waals surface area contributed by atoms with Crippen molar-refractivity contribution in [2.24, 2.45) is 0 Å². The van der Waals surface area contributed by atoms with Crippen LogP contribution in [0.25, 0.3) is 0 Å². The zero-order valence-corrected chi connectivity index (χ0v) is 11.8. The molecule has 0 aliphatic heterocycles. The number of anilines is 2. The zero-order valence-electron chi connectivity index (χ0n) is 11.8. The number of hydrogen-bond acceptors (Lipinski definition) is 5. The van der Waals surface area contributed by atoms with Crippen LogP contribution in [-0.4, -0.2) is 34.4 Å². The van der Waals surface area contributed by atoms with Crippen molar-refractivity contribution < 1.29 is 9.90 Å². The summed E-state index contributed by atoms with van der Waals surface area (Å²) in [6.45, 7) is 2.82. The SMILES string of the molecule is CCNc1ccc(C(=O)Nc2ccc(CCO)cc2)nn1. The van der Waals surface area contributed by atoms with Crippen molar-refractivity contribution in [3.63, 3.8) is 0 Å². The van der Waals surface area contributed by atoms with Crippen LogP contribution in [0, 0.1) is 0 Å². The van der Waals surface area contributed by atoms with Crippen LogP contribution >= 0.6 is 0 Å². The lowest BCUT2D eigenvalue weighted by Crippen LogP contribution is -2.14. The molecule has 0 spiro atoms. The van der Waals surface area contributed by atoms with Crippen LogP contribution in [0.4, 0.5) is 11.5 Å². The quantitative estimate of drug-likeness (QED) is 0.752. The lowest BCUT2D eigenvalue weighted by Gasteiger charge is -2.06. The monoisotopic (exact) mass is 286 g/mol. The Kier molecular flexibility index (Phi) is 5.22. The van der Waals surface area contributed by atoms with Crippen LogP contribution < -0.4 is 10.6 Å². The van der Waals surface area contributed by atoms with Gasteiger partial charge >= 0.3 is 0 Å². The molecule has 0 atom stereocenters. The first-order valence-electron chi connectivity index (χ1n) is 6.81. The van der Waals surface area contributed by atoms with Crippen molar-refractivity contribution in [2.75, 3.05) is 23.8 Å². The fourth-order valence-corrected chi connectivity index (χ4v) is 1.81. The van der Waals surface area contributed by atoms with E-state index in [1.54, 1.807) is 24.3 Å². The molecule has 3 N–H and O–H groups in total. The predicted molar refractivity (Wildman–Crippen MR) is 81.4 cm³/mol. The van der Waals surface area contributed by atoms with E-state index >= 15 is 0 Å². The Labute approximate surface area is 123 Å². The van der Waals surface area contributed by atoms with Crippen LogP contribution in [0.2, 0.25) is 0 Å². The molecule has 0 saturated heterocycles. The van der Waals surface area contributed by atoms with Gasteiger partial charge in [0.1, 0.15) is 5.82 Å². The van der Waals surface area contributed by atoms with Crippen molar-refractivity contribution in [3.05, 3.63) is 47.7 Å². The lowest BCUT2D eigenvalue weighted by molar-refractivity contribution is 0.102. The van der Waals surface area contributed by atoms with E-state index in [0.717, 1.165) is 12.1 Å². The third kappa shape index (κ3) is 4.25. The van der Waals surface area contributed by atoms with Crippen LogP contribution in [0.1, 0.15) is 23.0 Å². The molecule has 0 aliphatic rings. The number of benzene rings is 1. The molecule has 6 heteroatoms. The number of hydrogen-bond donors (Lipinski definition) is 3. The van der Waals surface area contributed by atoms with Gasteiger partial charge in [0.2, 0.25) is 0 Å². The van der Waals surface area contributed by atoms with Crippen LogP contribution in [0.3, 0.4) is 0 Å². The Hall–Kier alpha value is -2.47. The van der Waals surface area contributed by atoms with E-state index < -0.39 is 0 Å². The van der Waals surface area contributed by atoms with Crippen molar-refractivity contribution in [2.45, 2.75) is 13.3 Å². The van der Waals surface area contributed by atoms with Crippen LogP contribution in [-0.2, 0) is 6.42 Å². The molecule has 2 rings (SSSR count). The number of amides is 1. The van der Waals surface area contributed by atoms with Gasteiger partial charge in [-0.2, -0.15) is 0 Å². The Morgan fingerprint density at radius 1 is 1.14 bits per heavy atom. The number of nitrogens with one attached hydrogen (secondary N) is 2.